The molecule has 0 spiro atoms. The number of hydrogen-bond acceptors (Lipinski definition) is 5. The number of carbonyl (C=O) groups excluding carboxylic acids is 1. The topological polar surface area (TPSA) is 108 Å². The molecule has 8 nitrogen and oxygen atoms in total. The third kappa shape index (κ3) is 4.38. The fourth-order valence-electron chi connectivity index (χ4n) is 4.44. The first-order valence-electron chi connectivity index (χ1n) is 11.4. The summed E-state index contributed by atoms with van der Waals surface area (Å²) in [6, 6.07) is 19.3. The van der Waals surface area contributed by atoms with Crippen molar-refractivity contribution in [3.63, 3.8) is 0 Å². The Hall–Kier alpha value is -4.46. The lowest BCUT2D eigenvalue weighted by atomic mass is 9.96. The number of methoxy groups -OCH3 is 1. The molecule has 4 aromatic rings. The first-order chi connectivity index (χ1) is 17.1. The summed E-state index contributed by atoms with van der Waals surface area (Å²) in [4.78, 5) is 28.6. The van der Waals surface area contributed by atoms with Crippen LogP contribution in [0.2, 0.25) is 0 Å². The van der Waals surface area contributed by atoms with E-state index in [1.807, 2.05) is 61.5 Å². The first kappa shape index (κ1) is 22.3. The molecule has 0 atom stereocenters. The van der Waals surface area contributed by atoms with Gasteiger partial charge in [0.1, 0.15) is 11.6 Å². The van der Waals surface area contributed by atoms with Crippen LogP contribution >= 0.6 is 0 Å². The zero-order chi connectivity index (χ0) is 24.4. The van der Waals surface area contributed by atoms with Crippen LogP contribution in [-0.2, 0) is 12.8 Å². The van der Waals surface area contributed by atoms with Crippen LogP contribution in [0, 0.1) is 0 Å². The predicted molar refractivity (Wildman–Crippen MR) is 137 cm³/mol. The van der Waals surface area contributed by atoms with Crippen LogP contribution < -0.4 is 20.9 Å². The van der Waals surface area contributed by atoms with Crippen LogP contribution in [0.3, 0.4) is 0 Å². The monoisotopic (exact) mass is 467 g/mol. The van der Waals surface area contributed by atoms with Crippen LogP contribution in [0.15, 0.2) is 70.5 Å². The van der Waals surface area contributed by atoms with Gasteiger partial charge in [-0.1, -0.05) is 48.5 Å². The maximum absolute atomic E-state index is 12.2. The number of aromatic amines is 1. The summed E-state index contributed by atoms with van der Waals surface area (Å²) >= 11 is 0. The van der Waals surface area contributed by atoms with E-state index in [0.29, 0.717) is 30.6 Å². The van der Waals surface area contributed by atoms with Crippen LogP contribution in [0.1, 0.15) is 23.7 Å². The smallest absolute Gasteiger partial charge is 0.320 e. The number of fused-ring (bicyclic) bond motifs is 2. The van der Waals surface area contributed by atoms with Gasteiger partial charge in [0.25, 0.3) is 5.56 Å². The molecule has 35 heavy (non-hydrogen) atoms. The average molecular weight is 468 g/mol. The van der Waals surface area contributed by atoms with Gasteiger partial charge in [-0.2, -0.15) is 5.10 Å². The molecule has 0 radical (unpaired) electrons. The number of aromatic nitrogens is 2. The Morgan fingerprint density at radius 1 is 1.09 bits per heavy atom. The third-order valence-electron chi connectivity index (χ3n) is 6.04. The van der Waals surface area contributed by atoms with Gasteiger partial charge in [0, 0.05) is 35.9 Å². The number of para-hydroxylation sites is 1. The largest absolute Gasteiger partial charge is 0.496 e. The lowest BCUT2D eigenvalue weighted by Gasteiger charge is -2.15. The lowest BCUT2D eigenvalue weighted by Crippen LogP contribution is -2.39. The van der Waals surface area contributed by atoms with E-state index in [0.717, 1.165) is 44.8 Å². The van der Waals surface area contributed by atoms with Crippen molar-refractivity contribution in [3.8, 4) is 16.9 Å². The summed E-state index contributed by atoms with van der Waals surface area (Å²) in [5.41, 5.74) is 5.30. The summed E-state index contributed by atoms with van der Waals surface area (Å²) < 4.78 is 5.86. The zero-order valence-electron chi connectivity index (χ0n) is 19.5. The van der Waals surface area contributed by atoms with Crippen molar-refractivity contribution in [2.24, 2.45) is 4.99 Å². The Labute approximate surface area is 202 Å². The van der Waals surface area contributed by atoms with E-state index in [9.17, 15) is 9.59 Å². The number of urea groups is 1. The first-order valence-corrected chi connectivity index (χ1v) is 11.4. The highest BCUT2D eigenvalue weighted by atomic mass is 16.5. The van der Waals surface area contributed by atoms with Crippen molar-refractivity contribution in [1.29, 1.82) is 0 Å². The molecule has 5 rings (SSSR count). The number of nitrogens with one attached hydrogen (secondary N) is 3. The average Bonchev–Trinajstić information content (AvgIpc) is 3.27. The van der Waals surface area contributed by atoms with E-state index in [4.69, 9.17) is 4.74 Å². The maximum atomic E-state index is 12.2. The zero-order valence-corrected chi connectivity index (χ0v) is 19.5. The molecule has 3 N–H and O–H groups in total. The van der Waals surface area contributed by atoms with Gasteiger partial charge < -0.3 is 10.1 Å². The number of hydrogen-bond donors (Lipinski definition) is 3. The molecule has 176 valence electrons. The Morgan fingerprint density at radius 2 is 1.91 bits per heavy atom. The second-order valence-corrected chi connectivity index (χ2v) is 8.28. The van der Waals surface area contributed by atoms with E-state index >= 15 is 0 Å². The molecule has 0 saturated heterocycles. The van der Waals surface area contributed by atoms with Gasteiger partial charge in [0.05, 0.1) is 23.9 Å². The highest BCUT2D eigenvalue weighted by molar-refractivity contribution is 6.02. The molecule has 0 saturated carbocycles. The molecule has 0 bridgehead atoms. The normalized spacial score (nSPS) is 12.2. The molecule has 2 amide bonds. The third-order valence-corrected chi connectivity index (χ3v) is 6.04. The Kier molecular flexibility index (Phi) is 6.01. The minimum atomic E-state index is -0.253. The molecule has 0 unspecified atom stereocenters. The highest BCUT2D eigenvalue weighted by Gasteiger charge is 2.19. The van der Waals surface area contributed by atoms with Crippen molar-refractivity contribution < 1.29 is 9.53 Å². The minimum absolute atomic E-state index is 0.204. The van der Waals surface area contributed by atoms with Crippen LogP contribution in [0.25, 0.3) is 21.9 Å². The fraction of sp³-hybridized carbons (Fsp3) is 0.185. The van der Waals surface area contributed by atoms with Crippen LogP contribution in [0.5, 0.6) is 5.75 Å². The van der Waals surface area contributed by atoms with Crippen molar-refractivity contribution in [2.75, 3.05) is 13.7 Å². The SMILES string of the molecule is CCNC(=O)NC1=Nc2cc(-c3cccc(Cc4n[nH]c(=O)c5ccccc45)c3OC)ccc2C1. The number of amides is 2. The molecule has 3 aromatic carbocycles. The quantitative estimate of drug-likeness (QED) is 0.411. The van der Waals surface area contributed by atoms with E-state index in [1.54, 1.807) is 13.2 Å². The lowest BCUT2D eigenvalue weighted by molar-refractivity contribution is 0.245. The molecular weight excluding hydrogens is 442 g/mol. The Bertz CT molecular complexity index is 1520. The summed E-state index contributed by atoms with van der Waals surface area (Å²) in [5.74, 6) is 1.37. The summed E-state index contributed by atoms with van der Waals surface area (Å²) in [5, 5.41) is 13.9. The number of carbonyl (C=O) groups is 1. The predicted octanol–water partition coefficient (Wildman–Crippen LogP) is 4.09. The number of aliphatic imine (C=N–C) groups is 1. The van der Waals surface area contributed by atoms with E-state index in [1.165, 1.54) is 0 Å². The second kappa shape index (κ2) is 9.42. The summed E-state index contributed by atoms with van der Waals surface area (Å²) in [6.07, 6.45) is 1.08. The van der Waals surface area contributed by atoms with Gasteiger partial charge in [-0.25, -0.2) is 14.9 Å². The van der Waals surface area contributed by atoms with E-state index in [2.05, 4.69) is 25.8 Å². The van der Waals surface area contributed by atoms with Gasteiger partial charge in [0.2, 0.25) is 0 Å². The van der Waals surface area contributed by atoms with Crippen molar-refractivity contribution >= 4 is 28.3 Å². The summed E-state index contributed by atoms with van der Waals surface area (Å²) in [7, 11) is 1.65. The van der Waals surface area contributed by atoms with Gasteiger partial charge in [-0.3, -0.25) is 10.1 Å². The number of nitrogens with zero attached hydrogens (tertiary/aromatic N) is 2. The number of amidine groups is 1. The molecule has 1 aliphatic rings. The molecule has 0 aliphatic carbocycles. The summed E-state index contributed by atoms with van der Waals surface area (Å²) in [6.45, 7) is 2.42. The standard InChI is InChI=1S/C27H25N5O3/c1-3-28-27(34)30-24-15-17-12-11-16(13-22(17)29-24)19-10-6-7-18(25(19)35-2)14-23-20-8-4-5-9-21(20)26(33)32-31-23/h4-13H,3,14-15H2,1-2H3,(H,32,33)(H2,28,29,30,34). The maximum Gasteiger partial charge on any atom is 0.320 e. The number of ether oxygens (including phenoxy) is 1. The Balaban J connectivity index is 1.49. The molecule has 1 aliphatic heterocycles. The fourth-order valence-corrected chi connectivity index (χ4v) is 4.44. The van der Waals surface area contributed by atoms with E-state index < -0.39 is 0 Å². The highest BCUT2D eigenvalue weighted by Crippen LogP contribution is 2.38. The molecule has 2 heterocycles. The van der Waals surface area contributed by atoms with Crippen molar-refractivity contribution in [1.82, 2.24) is 20.8 Å². The molecule has 0 fully saturated rings. The second-order valence-electron chi connectivity index (χ2n) is 8.28. The van der Waals surface area contributed by atoms with Crippen molar-refractivity contribution in [2.45, 2.75) is 19.8 Å². The van der Waals surface area contributed by atoms with Gasteiger partial charge in [-0.05, 0) is 30.2 Å². The number of H-pyrrole nitrogens is 1. The van der Waals surface area contributed by atoms with Crippen molar-refractivity contribution in [3.05, 3.63) is 87.8 Å². The molecule has 1 aromatic heterocycles. The van der Waals surface area contributed by atoms with Gasteiger partial charge in [0.15, 0.2) is 0 Å². The minimum Gasteiger partial charge on any atom is -0.496 e. The number of benzene rings is 3. The molecular formula is C27H25N5O3. The van der Waals surface area contributed by atoms with Crippen LogP contribution in [-0.4, -0.2) is 35.7 Å². The van der Waals surface area contributed by atoms with Gasteiger partial charge >= 0.3 is 6.03 Å². The molecule has 8 heteroatoms. The number of rotatable bonds is 5. The van der Waals surface area contributed by atoms with E-state index in [-0.39, 0.29) is 11.6 Å². The van der Waals surface area contributed by atoms with Gasteiger partial charge in [-0.15, -0.1) is 0 Å². The Morgan fingerprint density at radius 3 is 2.71 bits per heavy atom. The van der Waals surface area contributed by atoms with Crippen LogP contribution in [0.4, 0.5) is 10.5 Å².